The highest BCUT2D eigenvalue weighted by Gasteiger charge is 2.29. The molecular weight excluding hydrogens is 336 g/mol. The van der Waals surface area contributed by atoms with Crippen LogP contribution in [-0.2, 0) is 0 Å². The Morgan fingerprint density at radius 1 is 1.36 bits per heavy atom. The van der Waals surface area contributed by atoms with Crippen molar-refractivity contribution in [3.05, 3.63) is 39.1 Å². The molecule has 1 aliphatic heterocycles. The summed E-state index contributed by atoms with van der Waals surface area (Å²) in [7, 11) is 0. The lowest BCUT2D eigenvalue weighted by Gasteiger charge is -2.32. The number of pyridine rings is 1. The first-order valence-corrected chi connectivity index (χ1v) is 9.30. The first-order valence-electron chi connectivity index (χ1n) is 8.48. The summed E-state index contributed by atoms with van der Waals surface area (Å²) >= 11 is 1.73. The average molecular weight is 356 g/mol. The third-order valence-corrected chi connectivity index (χ3v) is 5.75. The van der Waals surface area contributed by atoms with Gasteiger partial charge in [-0.25, -0.2) is 9.97 Å². The Labute approximate surface area is 149 Å². The van der Waals surface area contributed by atoms with E-state index in [4.69, 9.17) is 4.52 Å². The van der Waals surface area contributed by atoms with Crippen molar-refractivity contribution in [3.63, 3.8) is 0 Å². The maximum Gasteiger partial charge on any atom is 0.258 e. The van der Waals surface area contributed by atoms with Crippen LogP contribution in [0.5, 0.6) is 0 Å². The third kappa shape index (κ3) is 2.93. The molecule has 1 fully saturated rings. The minimum Gasteiger partial charge on any atom is -0.338 e. The number of hydrogen-bond donors (Lipinski definition) is 0. The second-order valence-electron chi connectivity index (χ2n) is 6.66. The van der Waals surface area contributed by atoms with Gasteiger partial charge in [-0.1, -0.05) is 5.16 Å². The van der Waals surface area contributed by atoms with Gasteiger partial charge in [-0.15, -0.1) is 11.3 Å². The van der Waals surface area contributed by atoms with Gasteiger partial charge in [0, 0.05) is 35.8 Å². The van der Waals surface area contributed by atoms with Gasteiger partial charge in [0.05, 0.1) is 21.7 Å². The minimum absolute atomic E-state index is 0.0276. The smallest absolute Gasteiger partial charge is 0.258 e. The lowest BCUT2D eigenvalue weighted by Crippen LogP contribution is -2.39. The summed E-state index contributed by atoms with van der Waals surface area (Å²) in [4.78, 5) is 25.2. The van der Waals surface area contributed by atoms with Crippen molar-refractivity contribution in [1.29, 1.82) is 0 Å². The molecule has 4 rings (SSSR count). The number of likely N-dealkylation sites (tertiary alicyclic amines) is 1. The van der Waals surface area contributed by atoms with Gasteiger partial charge >= 0.3 is 0 Å². The number of nitrogens with zero attached hydrogens (tertiary/aromatic N) is 4. The van der Waals surface area contributed by atoms with Gasteiger partial charge in [0.25, 0.3) is 11.6 Å². The number of aryl methyl sites for hydroxylation is 3. The molecule has 1 saturated heterocycles. The normalized spacial score (nSPS) is 18.0. The number of piperidine rings is 1. The van der Waals surface area contributed by atoms with Crippen LogP contribution in [0.25, 0.3) is 11.1 Å². The summed E-state index contributed by atoms with van der Waals surface area (Å²) in [5.41, 5.74) is 2.54. The van der Waals surface area contributed by atoms with Crippen LogP contribution in [0.2, 0.25) is 0 Å². The van der Waals surface area contributed by atoms with E-state index in [0.29, 0.717) is 29.4 Å². The molecule has 3 aromatic rings. The van der Waals surface area contributed by atoms with Crippen LogP contribution in [0.1, 0.15) is 50.4 Å². The van der Waals surface area contributed by atoms with Crippen LogP contribution in [0.4, 0.5) is 0 Å². The standard InChI is InChI=1S/C18H20N4O2S/c1-10-7-14(15-12(3)21-24-16(15)20-10)18(23)22-6-4-5-13(9-22)17-19-8-11(2)25-17/h7-8,13H,4-6,9H2,1-3H3/t13-/m1/s1. The zero-order chi connectivity index (χ0) is 17.6. The molecule has 0 spiro atoms. The molecule has 0 radical (unpaired) electrons. The highest BCUT2D eigenvalue weighted by molar-refractivity contribution is 7.11. The molecule has 1 atom stereocenters. The topological polar surface area (TPSA) is 72.1 Å². The molecule has 1 aliphatic rings. The van der Waals surface area contributed by atoms with Gasteiger partial charge < -0.3 is 9.42 Å². The Hall–Kier alpha value is -2.28. The molecule has 3 aromatic heterocycles. The molecule has 0 unspecified atom stereocenters. The van der Waals surface area contributed by atoms with Crippen LogP contribution in [0.15, 0.2) is 16.8 Å². The zero-order valence-corrected chi connectivity index (χ0v) is 15.4. The fourth-order valence-electron chi connectivity index (χ4n) is 3.48. The number of amides is 1. The lowest BCUT2D eigenvalue weighted by atomic mass is 9.97. The largest absolute Gasteiger partial charge is 0.338 e. The minimum atomic E-state index is 0.0276. The fourth-order valence-corrected chi connectivity index (χ4v) is 4.38. The van der Waals surface area contributed by atoms with Crippen LogP contribution in [0, 0.1) is 20.8 Å². The second-order valence-corrected chi connectivity index (χ2v) is 7.93. The highest BCUT2D eigenvalue weighted by atomic mass is 32.1. The molecular formula is C18H20N4O2S. The Kier molecular flexibility index (Phi) is 4.03. The first kappa shape index (κ1) is 16.2. The van der Waals surface area contributed by atoms with Crippen LogP contribution < -0.4 is 0 Å². The van der Waals surface area contributed by atoms with E-state index in [2.05, 4.69) is 22.0 Å². The predicted molar refractivity (Wildman–Crippen MR) is 96.0 cm³/mol. The maximum absolute atomic E-state index is 13.2. The van der Waals surface area contributed by atoms with Crippen LogP contribution >= 0.6 is 11.3 Å². The van der Waals surface area contributed by atoms with Crippen molar-refractivity contribution in [1.82, 2.24) is 20.0 Å². The monoisotopic (exact) mass is 356 g/mol. The van der Waals surface area contributed by atoms with E-state index >= 15 is 0 Å². The summed E-state index contributed by atoms with van der Waals surface area (Å²) in [6, 6.07) is 1.84. The van der Waals surface area contributed by atoms with E-state index in [-0.39, 0.29) is 5.91 Å². The SMILES string of the molecule is Cc1cc(C(=O)N2CCC[C@@H](c3ncc(C)s3)C2)c2c(C)noc2n1. The number of fused-ring (bicyclic) bond motifs is 1. The lowest BCUT2D eigenvalue weighted by molar-refractivity contribution is 0.0709. The van der Waals surface area contributed by atoms with Gasteiger partial charge in [0.15, 0.2) is 0 Å². The molecule has 130 valence electrons. The fraction of sp³-hybridized carbons (Fsp3) is 0.444. The van der Waals surface area contributed by atoms with E-state index in [1.165, 1.54) is 4.88 Å². The quantitative estimate of drug-likeness (QED) is 0.701. The van der Waals surface area contributed by atoms with E-state index in [1.807, 2.05) is 31.0 Å². The van der Waals surface area contributed by atoms with Crippen molar-refractivity contribution in [3.8, 4) is 0 Å². The average Bonchev–Trinajstić information content (AvgIpc) is 3.20. The number of rotatable bonds is 2. The Balaban J connectivity index is 1.65. The van der Waals surface area contributed by atoms with Crippen molar-refractivity contribution in [2.75, 3.05) is 13.1 Å². The molecule has 0 saturated carbocycles. The zero-order valence-electron chi connectivity index (χ0n) is 14.6. The van der Waals surface area contributed by atoms with E-state index in [1.54, 1.807) is 11.3 Å². The number of thiazole rings is 1. The summed E-state index contributed by atoms with van der Waals surface area (Å²) in [5, 5.41) is 5.83. The molecule has 25 heavy (non-hydrogen) atoms. The Morgan fingerprint density at radius 2 is 2.20 bits per heavy atom. The first-order chi connectivity index (χ1) is 12.0. The summed E-state index contributed by atoms with van der Waals surface area (Å²) in [5.74, 6) is 0.346. The van der Waals surface area contributed by atoms with Gasteiger partial charge in [0.1, 0.15) is 0 Å². The van der Waals surface area contributed by atoms with E-state index < -0.39 is 0 Å². The van der Waals surface area contributed by atoms with Crippen molar-refractivity contribution in [2.45, 2.75) is 39.5 Å². The van der Waals surface area contributed by atoms with Gasteiger partial charge in [-0.2, -0.15) is 0 Å². The van der Waals surface area contributed by atoms with Gasteiger partial charge in [0.2, 0.25) is 0 Å². The Morgan fingerprint density at radius 3 is 2.96 bits per heavy atom. The third-order valence-electron chi connectivity index (χ3n) is 4.67. The number of hydrogen-bond acceptors (Lipinski definition) is 6. The summed E-state index contributed by atoms with van der Waals surface area (Å²) < 4.78 is 5.26. The molecule has 0 bridgehead atoms. The summed E-state index contributed by atoms with van der Waals surface area (Å²) in [6.07, 6.45) is 3.98. The molecule has 0 aromatic carbocycles. The summed E-state index contributed by atoms with van der Waals surface area (Å²) in [6.45, 7) is 7.26. The Bertz CT molecular complexity index is 946. The van der Waals surface area contributed by atoms with Crippen LogP contribution in [0.3, 0.4) is 0 Å². The van der Waals surface area contributed by atoms with Crippen molar-refractivity contribution < 1.29 is 9.32 Å². The predicted octanol–water partition coefficient (Wildman–Crippen LogP) is 3.62. The number of aromatic nitrogens is 3. The maximum atomic E-state index is 13.2. The second kappa shape index (κ2) is 6.22. The number of carbonyl (C=O) groups is 1. The highest BCUT2D eigenvalue weighted by Crippen LogP contribution is 2.31. The molecule has 7 heteroatoms. The van der Waals surface area contributed by atoms with Crippen LogP contribution in [-0.4, -0.2) is 39.0 Å². The van der Waals surface area contributed by atoms with Crippen molar-refractivity contribution in [2.24, 2.45) is 0 Å². The van der Waals surface area contributed by atoms with Gasteiger partial charge in [-0.3, -0.25) is 4.79 Å². The molecule has 0 aliphatic carbocycles. The molecule has 6 nitrogen and oxygen atoms in total. The number of carbonyl (C=O) groups excluding carboxylic acids is 1. The van der Waals surface area contributed by atoms with Crippen molar-refractivity contribution >= 4 is 28.3 Å². The van der Waals surface area contributed by atoms with Gasteiger partial charge in [-0.05, 0) is 39.7 Å². The van der Waals surface area contributed by atoms with E-state index in [0.717, 1.165) is 35.5 Å². The van der Waals surface area contributed by atoms with E-state index in [9.17, 15) is 4.79 Å². The molecule has 0 N–H and O–H groups in total. The molecule has 4 heterocycles. The molecule has 1 amide bonds.